The molecule has 2 aromatic carbocycles. The molecule has 0 atom stereocenters. The molecule has 0 unspecified atom stereocenters. The normalized spacial score (nSPS) is 14.0. The number of carbonyl (C=O) groups is 1. The van der Waals surface area contributed by atoms with Crippen LogP contribution in [0.15, 0.2) is 59.6 Å². The first kappa shape index (κ1) is 23.8. The fourth-order valence-electron chi connectivity index (χ4n) is 3.40. The van der Waals surface area contributed by atoms with Crippen LogP contribution in [0.25, 0.3) is 0 Å². The Bertz CT molecular complexity index is 823. The minimum absolute atomic E-state index is 0. The summed E-state index contributed by atoms with van der Waals surface area (Å²) in [6.45, 7) is 4.10. The predicted molar refractivity (Wildman–Crippen MR) is 132 cm³/mol. The van der Waals surface area contributed by atoms with Crippen LogP contribution in [-0.2, 0) is 11.3 Å². The second-order valence-corrected chi connectivity index (χ2v) is 6.81. The second-order valence-electron chi connectivity index (χ2n) is 6.81. The molecular formula is C22H30IN5O2. The van der Waals surface area contributed by atoms with E-state index in [1.807, 2.05) is 48.5 Å². The zero-order chi connectivity index (χ0) is 20.5. The molecular weight excluding hydrogens is 493 g/mol. The lowest BCUT2D eigenvalue weighted by molar-refractivity contribution is -0.120. The van der Waals surface area contributed by atoms with E-state index in [0.717, 1.165) is 49.1 Å². The average molecular weight is 523 g/mol. The van der Waals surface area contributed by atoms with Crippen LogP contribution in [0.2, 0.25) is 0 Å². The second kappa shape index (κ2) is 12.3. The highest BCUT2D eigenvalue weighted by molar-refractivity contribution is 14.0. The lowest BCUT2D eigenvalue weighted by Gasteiger charge is -2.38. The highest BCUT2D eigenvalue weighted by atomic mass is 127. The van der Waals surface area contributed by atoms with Crippen LogP contribution in [0.4, 0.5) is 5.69 Å². The molecule has 0 saturated carbocycles. The summed E-state index contributed by atoms with van der Waals surface area (Å²) < 4.78 is 5.48. The first-order valence-electron chi connectivity index (χ1n) is 9.85. The van der Waals surface area contributed by atoms with Crippen LogP contribution in [-0.4, -0.2) is 63.6 Å². The average Bonchev–Trinajstić information content (AvgIpc) is 2.79. The Labute approximate surface area is 195 Å². The van der Waals surface area contributed by atoms with Crippen LogP contribution < -0.4 is 20.3 Å². The topological polar surface area (TPSA) is 69.2 Å². The number of halogens is 1. The van der Waals surface area contributed by atoms with E-state index in [0.29, 0.717) is 6.54 Å². The number of amides is 1. The summed E-state index contributed by atoms with van der Waals surface area (Å²) >= 11 is 0. The Hall–Kier alpha value is -2.49. The Morgan fingerprint density at radius 1 is 1.00 bits per heavy atom. The van der Waals surface area contributed by atoms with Crippen LogP contribution in [0.5, 0.6) is 5.75 Å². The molecule has 0 spiro atoms. The first-order chi connectivity index (χ1) is 14.2. The minimum atomic E-state index is -0.0531. The number of hydrogen-bond acceptors (Lipinski definition) is 4. The van der Waals surface area contributed by atoms with Crippen molar-refractivity contribution in [3.05, 3.63) is 60.2 Å². The number of rotatable bonds is 6. The fraction of sp³-hybridized carbons (Fsp3) is 0.364. The van der Waals surface area contributed by atoms with E-state index >= 15 is 0 Å². The van der Waals surface area contributed by atoms with E-state index in [2.05, 4.69) is 31.5 Å². The number of piperazine rings is 1. The van der Waals surface area contributed by atoms with Crippen molar-refractivity contribution in [3.63, 3.8) is 0 Å². The summed E-state index contributed by atoms with van der Waals surface area (Å²) in [4.78, 5) is 21.0. The first-order valence-corrected chi connectivity index (χ1v) is 9.85. The molecule has 7 nitrogen and oxygen atoms in total. The Morgan fingerprint density at radius 3 is 2.33 bits per heavy atom. The van der Waals surface area contributed by atoms with Gasteiger partial charge in [-0.2, -0.15) is 0 Å². The highest BCUT2D eigenvalue weighted by Gasteiger charge is 2.21. The molecule has 30 heavy (non-hydrogen) atoms. The predicted octanol–water partition coefficient (Wildman–Crippen LogP) is 2.33. The van der Waals surface area contributed by atoms with Gasteiger partial charge >= 0.3 is 0 Å². The van der Waals surface area contributed by atoms with E-state index in [1.165, 1.54) is 0 Å². The van der Waals surface area contributed by atoms with Crippen molar-refractivity contribution in [2.45, 2.75) is 6.54 Å². The van der Waals surface area contributed by atoms with Gasteiger partial charge in [0.15, 0.2) is 5.96 Å². The number of guanidine groups is 1. The molecule has 1 aliphatic rings. The van der Waals surface area contributed by atoms with Gasteiger partial charge in [-0.3, -0.25) is 9.79 Å². The molecule has 162 valence electrons. The monoisotopic (exact) mass is 523 g/mol. The van der Waals surface area contributed by atoms with Gasteiger partial charge in [-0.15, -0.1) is 24.0 Å². The highest BCUT2D eigenvalue weighted by Crippen LogP contribution is 2.28. The number of benzene rings is 2. The molecule has 0 bridgehead atoms. The van der Waals surface area contributed by atoms with Gasteiger partial charge in [-0.05, 0) is 17.7 Å². The summed E-state index contributed by atoms with van der Waals surface area (Å²) in [6, 6.07) is 17.9. The van der Waals surface area contributed by atoms with Gasteiger partial charge in [0.25, 0.3) is 0 Å². The van der Waals surface area contributed by atoms with E-state index < -0.39 is 0 Å². The van der Waals surface area contributed by atoms with Gasteiger partial charge in [0, 0.05) is 39.8 Å². The Kier molecular flexibility index (Phi) is 9.72. The number of methoxy groups -OCH3 is 1. The van der Waals surface area contributed by atoms with Crippen molar-refractivity contribution in [1.82, 2.24) is 15.5 Å². The van der Waals surface area contributed by atoms with E-state index in [9.17, 15) is 4.79 Å². The molecule has 0 aromatic heterocycles. The summed E-state index contributed by atoms with van der Waals surface area (Å²) in [5.74, 6) is 1.58. The van der Waals surface area contributed by atoms with Crippen molar-refractivity contribution in [2.75, 3.05) is 51.8 Å². The number of carbonyl (C=O) groups excluding carboxylic acids is 1. The zero-order valence-electron chi connectivity index (χ0n) is 17.5. The largest absolute Gasteiger partial charge is 0.495 e. The van der Waals surface area contributed by atoms with Gasteiger partial charge < -0.3 is 25.2 Å². The van der Waals surface area contributed by atoms with Crippen LogP contribution >= 0.6 is 24.0 Å². The Balaban J connectivity index is 0.00000320. The molecule has 8 heteroatoms. The number of nitrogens with one attached hydrogen (secondary N) is 2. The molecule has 3 rings (SSSR count). The lowest BCUT2D eigenvalue weighted by atomic mass is 10.2. The van der Waals surface area contributed by atoms with Crippen molar-refractivity contribution in [1.29, 1.82) is 0 Å². The maximum atomic E-state index is 12.2. The summed E-state index contributed by atoms with van der Waals surface area (Å²) in [7, 11) is 3.44. The van der Waals surface area contributed by atoms with Crippen molar-refractivity contribution in [2.24, 2.45) is 4.99 Å². The molecule has 1 heterocycles. The number of anilines is 1. The van der Waals surface area contributed by atoms with Gasteiger partial charge in [0.1, 0.15) is 5.75 Å². The smallest absolute Gasteiger partial charge is 0.239 e. The minimum Gasteiger partial charge on any atom is -0.495 e. The van der Waals surface area contributed by atoms with Crippen molar-refractivity contribution < 1.29 is 9.53 Å². The standard InChI is InChI=1S/C22H29N5O2.HI/c1-23-22(25-17-21(28)24-16-18-8-4-3-5-9-18)27-14-12-26(13-15-27)19-10-6-7-11-20(19)29-2;/h3-11H,12-17H2,1-2H3,(H,23,25)(H,24,28);1H. The van der Waals surface area contributed by atoms with E-state index in [1.54, 1.807) is 14.2 Å². The molecule has 2 aromatic rings. The molecule has 0 radical (unpaired) electrons. The summed E-state index contributed by atoms with van der Waals surface area (Å²) in [6.07, 6.45) is 0. The number of hydrogen-bond donors (Lipinski definition) is 2. The third-order valence-corrected chi connectivity index (χ3v) is 4.96. The third kappa shape index (κ3) is 6.51. The quantitative estimate of drug-likeness (QED) is 0.346. The van der Waals surface area contributed by atoms with Crippen molar-refractivity contribution in [3.8, 4) is 5.75 Å². The SMILES string of the molecule is CN=C(NCC(=O)NCc1ccccc1)N1CCN(c2ccccc2OC)CC1.I. The number of aliphatic imine (C=N–C) groups is 1. The fourth-order valence-corrected chi connectivity index (χ4v) is 3.40. The molecule has 1 aliphatic heterocycles. The number of para-hydroxylation sites is 2. The molecule has 1 saturated heterocycles. The van der Waals surface area contributed by atoms with Crippen LogP contribution in [0.3, 0.4) is 0 Å². The van der Waals surface area contributed by atoms with E-state index in [4.69, 9.17) is 4.74 Å². The number of nitrogens with zero attached hydrogens (tertiary/aromatic N) is 3. The van der Waals surface area contributed by atoms with Gasteiger partial charge in [0.05, 0.1) is 19.3 Å². The summed E-state index contributed by atoms with van der Waals surface area (Å²) in [5.41, 5.74) is 2.19. The maximum absolute atomic E-state index is 12.2. The number of ether oxygens (including phenoxy) is 1. The molecule has 0 aliphatic carbocycles. The van der Waals surface area contributed by atoms with Gasteiger partial charge in [0.2, 0.25) is 5.91 Å². The van der Waals surface area contributed by atoms with Gasteiger partial charge in [-0.1, -0.05) is 42.5 Å². The molecule has 1 amide bonds. The van der Waals surface area contributed by atoms with Crippen molar-refractivity contribution >= 4 is 41.5 Å². The van der Waals surface area contributed by atoms with Gasteiger partial charge in [-0.25, -0.2) is 0 Å². The van der Waals surface area contributed by atoms with Crippen LogP contribution in [0, 0.1) is 0 Å². The zero-order valence-corrected chi connectivity index (χ0v) is 19.8. The molecule has 2 N–H and O–H groups in total. The Morgan fingerprint density at radius 2 is 1.67 bits per heavy atom. The lowest BCUT2D eigenvalue weighted by Crippen LogP contribution is -2.53. The summed E-state index contributed by atoms with van der Waals surface area (Å²) in [5, 5.41) is 6.10. The maximum Gasteiger partial charge on any atom is 0.239 e. The van der Waals surface area contributed by atoms with E-state index in [-0.39, 0.29) is 36.4 Å². The third-order valence-electron chi connectivity index (χ3n) is 4.96. The molecule has 1 fully saturated rings. The van der Waals surface area contributed by atoms with Crippen LogP contribution in [0.1, 0.15) is 5.56 Å².